The molecule has 0 aliphatic heterocycles. The summed E-state index contributed by atoms with van der Waals surface area (Å²) in [6.07, 6.45) is -2.11. The Kier molecular flexibility index (Phi) is 5.78. The summed E-state index contributed by atoms with van der Waals surface area (Å²) in [4.78, 5) is 12.5. The second-order valence-corrected chi connectivity index (χ2v) is 7.98. The van der Waals surface area contributed by atoms with Gasteiger partial charge in [-0.1, -0.05) is 18.2 Å². The first-order valence-corrected chi connectivity index (χ1v) is 10.5. The van der Waals surface area contributed by atoms with E-state index >= 15 is 0 Å². The topological polar surface area (TPSA) is 53.2 Å². The number of amides is 2. The Labute approximate surface area is 176 Å². The predicted molar refractivity (Wildman–Crippen MR) is 114 cm³/mol. The smallest absolute Gasteiger partial charge is 0.310 e. The van der Waals surface area contributed by atoms with E-state index in [9.17, 15) is 18.0 Å². The number of carbonyl (C=O) groups is 1. The lowest BCUT2D eigenvalue weighted by molar-refractivity contribution is -0.137. The van der Waals surface area contributed by atoms with Gasteiger partial charge in [-0.25, -0.2) is 4.79 Å². The predicted octanol–water partition coefficient (Wildman–Crippen LogP) is 6.33. The molecule has 2 amide bonds. The van der Waals surface area contributed by atoms with Crippen molar-refractivity contribution in [3.8, 4) is 11.1 Å². The SMILES string of the molecule is O=C(Nc1cccc(C(F)(F)F)c1)Nc1cc(CNC2CC2)ccc1-c1ccsc1. The molecule has 3 aromatic rings. The van der Waals surface area contributed by atoms with Gasteiger partial charge < -0.3 is 16.0 Å². The van der Waals surface area contributed by atoms with Crippen LogP contribution >= 0.6 is 11.3 Å². The fraction of sp³-hybridized carbons (Fsp3) is 0.227. The largest absolute Gasteiger partial charge is 0.416 e. The minimum Gasteiger partial charge on any atom is -0.310 e. The maximum Gasteiger partial charge on any atom is 0.416 e. The van der Waals surface area contributed by atoms with E-state index in [1.165, 1.54) is 25.0 Å². The summed E-state index contributed by atoms with van der Waals surface area (Å²) in [5, 5.41) is 12.7. The van der Waals surface area contributed by atoms with Crippen LogP contribution < -0.4 is 16.0 Å². The summed E-state index contributed by atoms with van der Waals surface area (Å²) in [5.41, 5.74) is 2.71. The molecule has 1 fully saturated rings. The molecule has 1 saturated carbocycles. The van der Waals surface area contributed by atoms with Gasteiger partial charge in [0.15, 0.2) is 0 Å². The van der Waals surface area contributed by atoms with Gasteiger partial charge in [0.2, 0.25) is 0 Å². The lowest BCUT2D eigenvalue weighted by atomic mass is 10.0. The number of halogens is 3. The standard InChI is InChI=1S/C22H20F3N3OS/c23-22(24,25)16-2-1-3-18(11-16)27-21(29)28-20-10-14(12-26-17-5-6-17)4-7-19(20)15-8-9-30-13-15/h1-4,7-11,13,17,26H,5-6,12H2,(H2,27,28,29). The van der Waals surface area contributed by atoms with Crippen LogP contribution in [0.2, 0.25) is 0 Å². The zero-order valence-electron chi connectivity index (χ0n) is 15.9. The third kappa shape index (κ3) is 5.20. The van der Waals surface area contributed by atoms with Gasteiger partial charge in [0.25, 0.3) is 0 Å². The zero-order chi connectivity index (χ0) is 21.1. The highest BCUT2D eigenvalue weighted by molar-refractivity contribution is 7.08. The summed E-state index contributed by atoms with van der Waals surface area (Å²) in [5.74, 6) is 0. The van der Waals surface area contributed by atoms with Crippen molar-refractivity contribution in [2.45, 2.75) is 31.6 Å². The Morgan fingerprint density at radius 2 is 1.90 bits per heavy atom. The normalized spacial score (nSPS) is 13.8. The van der Waals surface area contributed by atoms with Crippen LogP contribution in [0, 0.1) is 0 Å². The Morgan fingerprint density at radius 3 is 2.60 bits per heavy atom. The molecule has 4 nitrogen and oxygen atoms in total. The zero-order valence-corrected chi connectivity index (χ0v) is 16.7. The Balaban J connectivity index is 1.53. The molecule has 30 heavy (non-hydrogen) atoms. The number of rotatable bonds is 6. The lowest BCUT2D eigenvalue weighted by Crippen LogP contribution is -2.21. The minimum atomic E-state index is -4.47. The second kappa shape index (κ2) is 8.49. The number of carbonyl (C=O) groups excluding carboxylic acids is 1. The number of hydrogen-bond acceptors (Lipinski definition) is 3. The summed E-state index contributed by atoms with van der Waals surface area (Å²) < 4.78 is 38.7. The van der Waals surface area contributed by atoms with E-state index in [2.05, 4.69) is 16.0 Å². The molecule has 3 N–H and O–H groups in total. The molecule has 156 valence electrons. The average Bonchev–Trinajstić information content (AvgIpc) is 3.38. The van der Waals surface area contributed by atoms with E-state index in [0.29, 0.717) is 18.3 Å². The third-order valence-electron chi connectivity index (χ3n) is 4.78. The average molecular weight is 431 g/mol. The first kappa shape index (κ1) is 20.4. The van der Waals surface area contributed by atoms with Crippen LogP contribution in [0.5, 0.6) is 0 Å². The van der Waals surface area contributed by atoms with Gasteiger partial charge in [0.05, 0.1) is 11.3 Å². The fourth-order valence-corrected chi connectivity index (χ4v) is 3.74. The maximum atomic E-state index is 12.9. The number of hydrogen-bond donors (Lipinski definition) is 3. The van der Waals surface area contributed by atoms with E-state index in [0.717, 1.165) is 28.8 Å². The molecule has 0 atom stereocenters. The molecule has 2 aromatic carbocycles. The van der Waals surface area contributed by atoms with Gasteiger partial charge in [-0.15, -0.1) is 0 Å². The van der Waals surface area contributed by atoms with Crippen LogP contribution in [0.1, 0.15) is 24.0 Å². The first-order chi connectivity index (χ1) is 14.4. The summed E-state index contributed by atoms with van der Waals surface area (Å²) in [7, 11) is 0. The molecule has 0 bridgehead atoms. The van der Waals surface area contributed by atoms with E-state index in [1.807, 2.05) is 35.0 Å². The molecule has 4 rings (SSSR count). The van der Waals surface area contributed by atoms with Crippen molar-refractivity contribution in [2.75, 3.05) is 10.6 Å². The first-order valence-electron chi connectivity index (χ1n) is 9.52. The van der Waals surface area contributed by atoms with Gasteiger partial charge in [-0.05, 0) is 65.1 Å². The molecule has 0 radical (unpaired) electrons. The highest BCUT2D eigenvalue weighted by atomic mass is 32.1. The van der Waals surface area contributed by atoms with E-state index in [-0.39, 0.29) is 5.69 Å². The van der Waals surface area contributed by atoms with Crippen molar-refractivity contribution in [3.05, 3.63) is 70.4 Å². The summed E-state index contributed by atoms with van der Waals surface area (Å²) in [6.45, 7) is 0.693. The number of anilines is 2. The number of alkyl halides is 3. The van der Waals surface area contributed by atoms with Crippen molar-refractivity contribution in [1.82, 2.24) is 5.32 Å². The van der Waals surface area contributed by atoms with Crippen LogP contribution in [-0.4, -0.2) is 12.1 Å². The summed E-state index contributed by atoms with van der Waals surface area (Å²) >= 11 is 1.55. The number of urea groups is 1. The van der Waals surface area contributed by atoms with Gasteiger partial charge >= 0.3 is 12.2 Å². The molecular weight excluding hydrogens is 411 g/mol. The number of thiophene rings is 1. The molecule has 0 spiro atoms. The second-order valence-electron chi connectivity index (χ2n) is 7.20. The van der Waals surface area contributed by atoms with E-state index in [1.54, 1.807) is 11.3 Å². The van der Waals surface area contributed by atoms with Gasteiger partial charge in [0, 0.05) is 23.8 Å². The van der Waals surface area contributed by atoms with Crippen molar-refractivity contribution < 1.29 is 18.0 Å². The van der Waals surface area contributed by atoms with Crippen LogP contribution in [0.25, 0.3) is 11.1 Å². The summed E-state index contributed by atoms with van der Waals surface area (Å²) in [6, 6.07) is 12.3. The molecule has 1 aliphatic rings. The van der Waals surface area contributed by atoms with Crippen molar-refractivity contribution in [3.63, 3.8) is 0 Å². The van der Waals surface area contributed by atoms with Crippen molar-refractivity contribution >= 4 is 28.7 Å². The Hall–Kier alpha value is -2.84. The molecule has 1 heterocycles. The lowest BCUT2D eigenvalue weighted by Gasteiger charge is -2.14. The highest BCUT2D eigenvalue weighted by Gasteiger charge is 2.30. The van der Waals surface area contributed by atoms with E-state index in [4.69, 9.17) is 0 Å². The molecule has 0 saturated heterocycles. The molecule has 1 aromatic heterocycles. The maximum absolute atomic E-state index is 12.9. The molecule has 0 unspecified atom stereocenters. The van der Waals surface area contributed by atoms with Crippen LogP contribution in [0.4, 0.5) is 29.3 Å². The van der Waals surface area contributed by atoms with Crippen molar-refractivity contribution in [1.29, 1.82) is 0 Å². The molecular formula is C22H20F3N3OS. The highest BCUT2D eigenvalue weighted by Crippen LogP contribution is 2.32. The molecule has 8 heteroatoms. The quantitative estimate of drug-likeness (QED) is 0.427. The number of benzene rings is 2. The van der Waals surface area contributed by atoms with Gasteiger partial charge in [-0.2, -0.15) is 24.5 Å². The number of nitrogens with one attached hydrogen (secondary N) is 3. The van der Waals surface area contributed by atoms with E-state index < -0.39 is 17.8 Å². The third-order valence-corrected chi connectivity index (χ3v) is 5.47. The van der Waals surface area contributed by atoms with Crippen LogP contribution in [0.15, 0.2) is 59.3 Å². The van der Waals surface area contributed by atoms with Crippen LogP contribution in [0.3, 0.4) is 0 Å². The monoisotopic (exact) mass is 431 g/mol. The Bertz CT molecular complexity index is 1030. The Morgan fingerprint density at radius 1 is 1.07 bits per heavy atom. The van der Waals surface area contributed by atoms with Gasteiger partial charge in [-0.3, -0.25) is 0 Å². The van der Waals surface area contributed by atoms with Gasteiger partial charge in [0.1, 0.15) is 0 Å². The fourth-order valence-electron chi connectivity index (χ4n) is 3.08. The molecule has 1 aliphatic carbocycles. The minimum absolute atomic E-state index is 0.0750. The van der Waals surface area contributed by atoms with Crippen molar-refractivity contribution in [2.24, 2.45) is 0 Å². The van der Waals surface area contributed by atoms with Crippen LogP contribution in [-0.2, 0) is 12.7 Å².